The molecule has 29 heavy (non-hydrogen) atoms. The molecule has 1 aromatic rings. The zero-order chi connectivity index (χ0) is 20.1. The van der Waals surface area contributed by atoms with Gasteiger partial charge in [-0.15, -0.1) is 24.0 Å². The van der Waals surface area contributed by atoms with Gasteiger partial charge in [-0.3, -0.25) is 4.99 Å². The average molecular weight is 518 g/mol. The second-order valence-electron chi connectivity index (χ2n) is 9.54. The van der Waals surface area contributed by atoms with Crippen LogP contribution in [0.3, 0.4) is 0 Å². The summed E-state index contributed by atoms with van der Waals surface area (Å²) in [5.74, 6) is 2.19. The van der Waals surface area contributed by atoms with Crippen LogP contribution in [0.15, 0.2) is 23.7 Å². The molecule has 2 aliphatic heterocycles. The van der Waals surface area contributed by atoms with E-state index < -0.39 is 0 Å². The molecule has 2 aliphatic rings. The Morgan fingerprint density at radius 2 is 2.10 bits per heavy atom. The minimum absolute atomic E-state index is 0. The molecule has 0 spiro atoms. The van der Waals surface area contributed by atoms with Crippen LogP contribution >= 0.6 is 24.0 Å². The van der Waals surface area contributed by atoms with Gasteiger partial charge in [0.05, 0.1) is 18.5 Å². The maximum absolute atomic E-state index is 6.16. The highest BCUT2D eigenvalue weighted by molar-refractivity contribution is 14.0. The second kappa shape index (κ2) is 11.0. The average Bonchev–Trinajstić information content (AvgIpc) is 3.20. The molecule has 0 bridgehead atoms. The number of aliphatic imine (C=N–C) groups is 1. The van der Waals surface area contributed by atoms with E-state index in [0.29, 0.717) is 17.9 Å². The monoisotopic (exact) mass is 517 g/mol. The lowest BCUT2D eigenvalue weighted by atomic mass is 9.78. The van der Waals surface area contributed by atoms with Crippen LogP contribution in [0.2, 0.25) is 0 Å². The molecular formula is C22H40IN5O. The van der Waals surface area contributed by atoms with E-state index in [1.165, 1.54) is 12.8 Å². The van der Waals surface area contributed by atoms with Gasteiger partial charge in [-0.1, -0.05) is 27.7 Å². The number of hydrogen-bond acceptors (Lipinski definition) is 3. The Morgan fingerprint density at radius 3 is 2.76 bits per heavy atom. The zero-order valence-electron chi connectivity index (χ0n) is 18.8. The van der Waals surface area contributed by atoms with E-state index >= 15 is 0 Å². The molecule has 1 aromatic heterocycles. The molecule has 0 aromatic carbocycles. The van der Waals surface area contributed by atoms with Crippen LogP contribution in [0, 0.1) is 17.3 Å². The Morgan fingerprint density at radius 1 is 1.31 bits per heavy atom. The number of nitrogens with zero attached hydrogens (tertiary/aromatic N) is 4. The molecule has 1 N–H and O–H groups in total. The van der Waals surface area contributed by atoms with E-state index in [0.717, 1.165) is 45.2 Å². The Labute approximate surface area is 193 Å². The van der Waals surface area contributed by atoms with Crippen molar-refractivity contribution < 1.29 is 4.74 Å². The van der Waals surface area contributed by atoms with Crippen LogP contribution in [0.1, 0.15) is 59.9 Å². The maximum atomic E-state index is 6.16. The molecule has 0 amide bonds. The highest BCUT2D eigenvalue weighted by atomic mass is 127. The van der Waals surface area contributed by atoms with E-state index in [4.69, 9.17) is 9.73 Å². The van der Waals surface area contributed by atoms with Crippen LogP contribution in [0.4, 0.5) is 0 Å². The van der Waals surface area contributed by atoms with Gasteiger partial charge in [-0.25, -0.2) is 4.98 Å². The number of ether oxygens (including phenoxy) is 1. The summed E-state index contributed by atoms with van der Waals surface area (Å²) in [6, 6.07) is 0.445. The van der Waals surface area contributed by atoms with Crippen LogP contribution in [0.25, 0.3) is 0 Å². The van der Waals surface area contributed by atoms with Crippen LogP contribution in [0.5, 0.6) is 0 Å². The van der Waals surface area contributed by atoms with Crippen LogP contribution < -0.4 is 5.32 Å². The fourth-order valence-electron chi connectivity index (χ4n) is 4.71. The summed E-state index contributed by atoms with van der Waals surface area (Å²) < 4.78 is 8.41. The van der Waals surface area contributed by atoms with Gasteiger partial charge in [-0.2, -0.15) is 0 Å². The number of aromatic nitrogens is 2. The lowest BCUT2D eigenvalue weighted by molar-refractivity contribution is -0.0824. The van der Waals surface area contributed by atoms with Gasteiger partial charge in [0.25, 0.3) is 0 Å². The summed E-state index contributed by atoms with van der Waals surface area (Å²) in [7, 11) is 0. The van der Waals surface area contributed by atoms with Crippen molar-refractivity contribution in [2.24, 2.45) is 22.2 Å². The number of hydrogen-bond donors (Lipinski definition) is 1. The molecule has 6 nitrogen and oxygen atoms in total. The minimum Gasteiger partial charge on any atom is -0.377 e. The number of nitrogens with one attached hydrogen (secondary N) is 1. The number of rotatable bonds is 4. The van der Waals surface area contributed by atoms with E-state index in [1.54, 1.807) is 0 Å². The quantitative estimate of drug-likeness (QED) is 0.370. The van der Waals surface area contributed by atoms with Gasteiger partial charge in [0.15, 0.2) is 5.96 Å². The van der Waals surface area contributed by atoms with Crippen molar-refractivity contribution in [3.8, 4) is 0 Å². The summed E-state index contributed by atoms with van der Waals surface area (Å²) >= 11 is 0. The van der Waals surface area contributed by atoms with Crippen molar-refractivity contribution in [2.75, 3.05) is 32.8 Å². The van der Waals surface area contributed by atoms with Crippen LogP contribution in [-0.2, 0) is 4.74 Å². The molecule has 0 aliphatic carbocycles. The Balaban J connectivity index is 0.00000300. The molecule has 2 fully saturated rings. The zero-order valence-corrected chi connectivity index (χ0v) is 21.1. The second-order valence-corrected chi connectivity index (χ2v) is 9.54. The predicted molar refractivity (Wildman–Crippen MR) is 130 cm³/mol. The Kier molecular flexibility index (Phi) is 9.25. The molecule has 0 radical (unpaired) electrons. The number of halogens is 1. The SMILES string of the molecule is CCNC(=NCC1CCCOC1C(C)(C)C)N1CCC(C)C(n2ccnc2)C1.I. The molecule has 0 saturated carbocycles. The third-order valence-electron chi connectivity index (χ3n) is 6.23. The lowest BCUT2D eigenvalue weighted by Gasteiger charge is -2.41. The largest absolute Gasteiger partial charge is 0.377 e. The van der Waals surface area contributed by atoms with E-state index in [2.05, 4.69) is 60.6 Å². The van der Waals surface area contributed by atoms with Gasteiger partial charge in [-0.05, 0) is 37.5 Å². The summed E-state index contributed by atoms with van der Waals surface area (Å²) in [6.45, 7) is 16.0. The highest BCUT2D eigenvalue weighted by Crippen LogP contribution is 2.34. The van der Waals surface area contributed by atoms with Crippen molar-refractivity contribution >= 4 is 29.9 Å². The first-order valence-corrected chi connectivity index (χ1v) is 11.0. The van der Waals surface area contributed by atoms with Gasteiger partial charge >= 0.3 is 0 Å². The predicted octanol–water partition coefficient (Wildman–Crippen LogP) is 4.19. The van der Waals surface area contributed by atoms with Crippen LogP contribution in [-0.4, -0.2) is 59.3 Å². The normalized spacial score (nSPS) is 28.7. The molecule has 7 heteroatoms. The standard InChI is InChI=1S/C22H39N5O.HI/c1-6-24-21(25-14-18-8-7-13-28-20(18)22(3,4)5)26-11-9-17(2)19(15-26)27-12-10-23-16-27;/h10,12,16-20H,6-9,11,13-15H2,1-5H3,(H,24,25);1H. The van der Waals surface area contributed by atoms with Gasteiger partial charge in [0.2, 0.25) is 0 Å². The van der Waals surface area contributed by atoms with Crippen molar-refractivity contribution in [3.05, 3.63) is 18.7 Å². The lowest BCUT2D eigenvalue weighted by Crippen LogP contribution is -2.49. The fraction of sp³-hybridized carbons (Fsp3) is 0.818. The number of guanidine groups is 1. The molecular weight excluding hydrogens is 477 g/mol. The third kappa shape index (κ3) is 6.32. The fourth-order valence-corrected chi connectivity index (χ4v) is 4.71. The van der Waals surface area contributed by atoms with Crippen molar-refractivity contribution in [1.29, 1.82) is 0 Å². The molecule has 166 valence electrons. The van der Waals surface area contributed by atoms with Gasteiger partial charge in [0, 0.05) is 51.1 Å². The summed E-state index contributed by atoms with van der Waals surface area (Å²) in [4.78, 5) is 11.8. The summed E-state index contributed by atoms with van der Waals surface area (Å²) in [5.41, 5.74) is 0.159. The molecule has 2 saturated heterocycles. The first-order chi connectivity index (χ1) is 13.4. The summed E-state index contributed by atoms with van der Waals surface area (Å²) in [5, 5.41) is 3.54. The molecule has 3 heterocycles. The van der Waals surface area contributed by atoms with Crippen molar-refractivity contribution in [1.82, 2.24) is 19.8 Å². The first-order valence-electron chi connectivity index (χ1n) is 11.0. The smallest absolute Gasteiger partial charge is 0.193 e. The number of imidazole rings is 1. The Bertz CT molecular complexity index is 628. The molecule has 4 unspecified atom stereocenters. The van der Waals surface area contributed by atoms with Crippen molar-refractivity contribution in [2.45, 2.75) is 66.0 Å². The van der Waals surface area contributed by atoms with Crippen molar-refractivity contribution in [3.63, 3.8) is 0 Å². The molecule has 3 rings (SSSR count). The van der Waals surface area contributed by atoms with E-state index in [-0.39, 0.29) is 35.5 Å². The van der Waals surface area contributed by atoms with E-state index in [1.807, 2.05) is 12.5 Å². The first kappa shape index (κ1) is 24.4. The van der Waals surface area contributed by atoms with Gasteiger partial charge < -0.3 is 19.5 Å². The highest BCUT2D eigenvalue weighted by Gasteiger charge is 2.35. The minimum atomic E-state index is 0. The van der Waals surface area contributed by atoms with Gasteiger partial charge in [0.1, 0.15) is 0 Å². The number of likely N-dealkylation sites (tertiary alicyclic amines) is 1. The maximum Gasteiger partial charge on any atom is 0.193 e. The van der Waals surface area contributed by atoms with E-state index in [9.17, 15) is 0 Å². The molecule has 4 atom stereocenters. The Hall–Kier alpha value is -0.830. The third-order valence-corrected chi connectivity index (χ3v) is 6.23. The topological polar surface area (TPSA) is 54.7 Å². The summed E-state index contributed by atoms with van der Waals surface area (Å²) in [6.07, 6.45) is 9.72. The number of piperidine rings is 1.